The van der Waals surface area contributed by atoms with E-state index in [-0.39, 0.29) is 15.6 Å². The molecule has 2 aromatic carbocycles. The molecule has 0 atom stereocenters. The Morgan fingerprint density at radius 1 is 1.30 bits per heavy atom. The van der Waals surface area contributed by atoms with E-state index in [9.17, 15) is 19.7 Å². The first-order valence-electron chi connectivity index (χ1n) is 8.56. The third-order valence-electron chi connectivity index (χ3n) is 3.87. The third-order valence-corrected chi connectivity index (χ3v) is 5.17. The lowest BCUT2D eigenvalue weighted by atomic mass is 10.2. The number of thiocarbonyl (C=S) groups is 1. The minimum Gasteiger partial charge on any atom is -0.490 e. The standard InChI is InChI=1S/C20H15N3O5S2/c1-2-10-28-16-8-6-13(7-9-16)11-17-19(25)22(20(29)30-17)21-18(24)14-4-3-5-15(12-14)23(26)27/h2-9,11-12H,1,10H2,(H,21,24)/b17-11-. The number of nitro benzene ring substituents is 1. The highest BCUT2D eigenvalue weighted by molar-refractivity contribution is 8.26. The highest BCUT2D eigenvalue weighted by Crippen LogP contribution is 2.31. The van der Waals surface area contributed by atoms with E-state index in [4.69, 9.17) is 17.0 Å². The summed E-state index contributed by atoms with van der Waals surface area (Å²) in [4.78, 5) is 35.7. The first kappa shape index (κ1) is 21.2. The third kappa shape index (κ3) is 4.91. The van der Waals surface area contributed by atoms with Crippen molar-refractivity contribution in [3.63, 3.8) is 0 Å². The van der Waals surface area contributed by atoms with Gasteiger partial charge in [-0.05, 0) is 42.1 Å². The average Bonchev–Trinajstić information content (AvgIpc) is 3.00. The van der Waals surface area contributed by atoms with E-state index in [0.29, 0.717) is 17.3 Å². The smallest absolute Gasteiger partial charge is 0.285 e. The quantitative estimate of drug-likeness (QED) is 0.230. The van der Waals surface area contributed by atoms with Crippen LogP contribution in [0.3, 0.4) is 0 Å². The lowest BCUT2D eigenvalue weighted by Gasteiger charge is -2.15. The molecule has 152 valence electrons. The van der Waals surface area contributed by atoms with Gasteiger partial charge in [-0.1, -0.05) is 42.6 Å². The molecule has 2 aromatic rings. The molecule has 0 radical (unpaired) electrons. The Bertz CT molecular complexity index is 1070. The fourth-order valence-corrected chi connectivity index (χ4v) is 3.64. The normalized spacial score (nSPS) is 14.7. The molecule has 3 rings (SSSR count). The van der Waals surface area contributed by atoms with Gasteiger partial charge in [-0.15, -0.1) is 0 Å². The molecular formula is C20H15N3O5S2. The SMILES string of the molecule is C=CCOc1ccc(/C=C2\SC(=S)N(NC(=O)c3cccc([N+](=O)[O-])c3)C2=O)cc1. The fourth-order valence-electron chi connectivity index (χ4n) is 2.46. The summed E-state index contributed by atoms with van der Waals surface area (Å²) in [6.45, 7) is 3.98. The molecule has 30 heavy (non-hydrogen) atoms. The maximum absolute atomic E-state index is 12.7. The molecule has 0 aromatic heterocycles. The van der Waals surface area contributed by atoms with Crippen LogP contribution in [0.5, 0.6) is 5.75 Å². The molecule has 8 nitrogen and oxygen atoms in total. The van der Waals surface area contributed by atoms with Gasteiger partial charge in [0.2, 0.25) is 0 Å². The summed E-state index contributed by atoms with van der Waals surface area (Å²) in [6.07, 6.45) is 3.29. The maximum atomic E-state index is 12.7. The van der Waals surface area contributed by atoms with E-state index >= 15 is 0 Å². The molecule has 1 N–H and O–H groups in total. The van der Waals surface area contributed by atoms with Crippen LogP contribution in [-0.2, 0) is 4.79 Å². The van der Waals surface area contributed by atoms with Gasteiger partial charge in [-0.2, -0.15) is 5.01 Å². The lowest BCUT2D eigenvalue weighted by Crippen LogP contribution is -2.44. The number of non-ortho nitro benzene ring substituents is 1. The second kappa shape index (κ2) is 9.33. The molecule has 10 heteroatoms. The molecular weight excluding hydrogens is 426 g/mol. The van der Waals surface area contributed by atoms with Crippen molar-refractivity contribution >= 4 is 51.9 Å². The van der Waals surface area contributed by atoms with E-state index in [2.05, 4.69) is 12.0 Å². The van der Waals surface area contributed by atoms with E-state index in [1.807, 2.05) is 0 Å². The topological polar surface area (TPSA) is 102 Å². The van der Waals surface area contributed by atoms with Crippen molar-refractivity contribution in [1.82, 2.24) is 10.4 Å². The van der Waals surface area contributed by atoms with Gasteiger partial charge in [0.1, 0.15) is 12.4 Å². The zero-order valence-corrected chi connectivity index (χ0v) is 17.1. The summed E-state index contributed by atoms with van der Waals surface area (Å²) >= 11 is 6.23. The van der Waals surface area contributed by atoms with Crippen molar-refractivity contribution in [2.75, 3.05) is 6.61 Å². The largest absolute Gasteiger partial charge is 0.490 e. The van der Waals surface area contributed by atoms with Gasteiger partial charge >= 0.3 is 0 Å². The molecule has 0 unspecified atom stereocenters. The Kier molecular flexibility index (Phi) is 6.60. The number of nitro groups is 1. The van der Waals surface area contributed by atoms with Crippen LogP contribution in [0.25, 0.3) is 6.08 Å². The van der Waals surface area contributed by atoms with Crippen molar-refractivity contribution in [2.45, 2.75) is 0 Å². The number of carbonyl (C=O) groups is 2. The first-order chi connectivity index (χ1) is 14.4. The molecule has 0 bridgehead atoms. The highest BCUT2D eigenvalue weighted by Gasteiger charge is 2.34. The average molecular weight is 441 g/mol. The number of thioether (sulfide) groups is 1. The highest BCUT2D eigenvalue weighted by atomic mass is 32.2. The summed E-state index contributed by atoms with van der Waals surface area (Å²) in [5.74, 6) is -0.500. The zero-order valence-electron chi connectivity index (χ0n) is 15.4. The number of nitrogens with one attached hydrogen (secondary N) is 1. The summed E-state index contributed by atoms with van der Waals surface area (Å²) in [5.41, 5.74) is 2.97. The predicted octanol–water partition coefficient (Wildman–Crippen LogP) is 3.71. The van der Waals surface area contributed by atoms with Crippen LogP contribution < -0.4 is 10.2 Å². The van der Waals surface area contributed by atoms with Crippen LogP contribution in [0.4, 0.5) is 5.69 Å². The molecule has 1 saturated heterocycles. The molecule has 1 fully saturated rings. The first-order valence-corrected chi connectivity index (χ1v) is 9.78. The van der Waals surface area contributed by atoms with Crippen molar-refractivity contribution in [2.24, 2.45) is 0 Å². The minimum atomic E-state index is -0.681. The van der Waals surface area contributed by atoms with Gasteiger partial charge in [0, 0.05) is 17.7 Å². The number of rotatable bonds is 7. The van der Waals surface area contributed by atoms with Gasteiger partial charge in [-0.3, -0.25) is 25.1 Å². The lowest BCUT2D eigenvalue weighted by molar-refractivity contribution is -0.384. The fraction of sp³-hybridized carbons (Fsp3) is 0.0500. The summed E-state index contributed by atoms with van der Waals surface area (Å²) in [5, 5.41) is 11.8. The van der Waals surface area contributed by atoms with Gasteiger partial charge in [0.15, 0.2) is 4.32 Å². The van der Waals surface area contributed by atoms with Crippen molar-refractivity contribution in [3.8, 4) is 5.75 Å². The Hall–Kier alpha value is -3.50. The van der Waals surface area contributed by atoms with Gasteiger partial charge in [-0.25, -0.2) is 0 Å². The Morgan fingerprint density at radius 2 is 2.03 bits per heavy atom. The van der Waals surface area contributed by atoms with Crippen molar-refractivity contribution in [3.05, 3.63) is 87.3 Å². The Morgan fingerprint density at radius 3 is 2.70 bits per heavy atom. The number of hydrazine groups is 1. The minimum absolute atomic E-state index is 0.0392. The summed E-state index contributed by atoms with van der Waals surface area (Å²) in [6, 6.07) is 12.3. The van der Waals surface area contributed by atoms with E-state index in [0.717, 1.165) is 28.4 Å². The van der Waals surface area contributed by atoms with E-state index in [1.54, 1.807) is 36.4 Å². The van der Waals surface area contributed by atoms with Gasteiger partial charge in [0.05, 0.1) is 9.83 Å². The second-order valence-electron chi connectivity index (χ2n) is 5.93. The van der Waals surface area contributed by atoms with Gasteiger partial charge in [0.25, 0.3) is 17.5 Å². The van der Waals surface area contributed by atoms with E-state index in [1.165, 1.54) is 18.2 Å². The molecule has 1 aliphatic rings. The van der Waals surface area contributed by atoms with Crippen LogP contribution in [0.2, 0.25) is 0 Å². The van der Waals surface area contributed by atoms with E-state index < -0.39 is 16.7 Å². The van der Waals surface area contributed by atoms with Gasteiger partial charge < -0.3 is 4.74 Å². The second-order valence-corrected chi connectivity index (χ2v) is 7.61. The number of hydrogen-bond acceptors (Lipinski definition) is 7. The monoisotopic (exact) mass is 441 g/mol. The summed E-state index contributed by atoms with van der Waals surface area (Å²) < 4.78 is 5.56. The number of carbonyl (C=O) groups excluding carboxylic acids is 2. The van der Waals surface area contributed by atoms with Crippen LogP contribution in [-0.4, -0.2) is 32.7 Å². The predicted molar refractivity (Wildman–Crippen MR) is 118 cm³/mol. The summed E-state index contributed by atoms with van der Waals surface area (Å²) in [7, 11) is 0. The van der Waals surface area contributed by atoms with Crippen LogP contribution in [0.1, 0.15) is 15.9 Å². The molecule has 1 heterocycles. The number of amides is 2. The van der Waals surface area contributed by atoms with Crippen LogP contribution in [0, 0.1) is 10.1 Å². The number of ether oxygens (including phenoxy) is 1. The molecule has 1 aliphatic heterocycles. The zero-order chi connectivity index (χ0) is 21.7. The maximum Gasteiger partial charge on any atom is 0.285 e. The number of nitrogens with zero attached hydrogens (tertiary/aromatic N) is 2. The molecule has 0 saturated carbocycles. The molecule has 0 spiro atoms. The van der Waals surface area contributed by atoms with Crippen LogP contribution in [0.15, 0.2) is 66.1 Å². The number of hydrogen-bond donors (Lipinski definition) is 1. The molecule has 0 aliphatic carbocycles. The van der Waals surface area contributed by atoms with Crippen molar-refractivity contribution < 1.29 is 19.2 Å². The molecule has 2 amide bonds. The number of benzene rings is 2. The Labute approximate surface area is 181 Å². The van der Waals surface area contributed by atoms with Crippen LogP contribution >= 0.6 is 24.0 Å². The Balaban J connectivity index is 1.72. The van der Waals surface area contributed by atoms with Crippen molar-refractivity contribution in [1.29, 1.82) is 0 Å².